The van der Waals surface area contributed by atoms with E-state index in [0.29, 0.717) is 13.0 Å². The average Bonchev–Trinajstić information content (AvgIpc) is 2.65. The molecule has 0 saturated carbocycles. The lowest BCUT2D eigenvalue weighted by atomic mass is 9.87. The van der Waals surface area contributed by atoms with Crippen LogP contribution in [0.2, 0.25) is 0 Å². The molecule has 1 aromatic rings. The maximum absolute atomic E-state index is 12.7. The van der Waals surface area contributed by atoms with Gasteiger partial charge in [0.05, 0.1) is 16.5 Å². The summed E-state index contributed by atoms with van der Waals surface area (Å²) in [5.41, 5.74) is 1.86. The number of amides is 2. The predicted octanol–water partition coefficient (Wildman–Crippen LogP) is 2.38. The molecule has 1 aromatic carbocycles. The first-order valence-corrected chi connectivity index (χ1v) is 10.4. The van der Waals surface area contributed by atoms with Crippen LogP contribution in [-0.2, 0) is 16.3 Å². The molecule has 6 nitrogen and oxygen atoms in total. The van der Waals surface area contributed by atoms with Crippen molar-refractivity contribution in [3.05, 3.63) is 29.3 Å². The number of nitrogens with one attached hydrogen (secondary N) is 1. The Kier molecular flexibility index (Phi) is 4.70. The zero-order chi connectivity index (χ0) is 18.2. The topological polar surface area (TPSA) is 86.7 Å². The minimum atomic E-state index is -3.21. The molecule has 7 heteroatoms. The highest BCUT2D eigenvalue weighted by atomic mass is 32.2. The number of carbonyl (C=O) groups excluding carboxylic acids is 1. The molecule has 1 atom stereocenters. The van der Waals surface area contributed by atoms with Gasteiger partial charge in [-0.05, 0) is 56.7 Å². The number of fused-ring (bicyclic) bond motifs is 1. The average molecular weight is 366 g/mol. The molecule has 0 bridgehead atoms. The molecule has 2 N–H and O–H groups in total. The van der Waals surface area contributed by atoms with E-state index in [1.165, 1.54) is 0 Å². The SMILES string of the molecule is CC1(C)CCN(C(=O)NC2CCCc3c(O)cccc32)CCS1(=O)=O. The van der Waals surface area contributed by atoms with Crippen LogP contribution in [-0.4, -0.2) is 48.0 Å². The van der Waals surface area contributed by atoms with Crippen molar-refractivity contribution in [1.29, 1.82) is 0 Å². The smallest absolute Gasteiger partial charge is 0.317 e. The number of aromatic hydroxyl groups is 1. The summed E-state index contributed by atoms with van der Waals surface area (Å²) in [4.78, 5) is 14.3. The normalized spacial score (nSPS) is 24.9. The fourth-order valence-corrected chi connectivity index (χ4v) is 5.02. The minimum absolute atomic E-state index is 0.00450. The molecule has 3 rings (SSSR count). The van der Waals surface area contributed by atoms with Crippen molar-refractivity contribution in [2.75, 3.05) is 18.8 Å². The van der Waals surface area contributed by atoms with Gasteiger partial charge in [-0.1, -0.05) is 12.1 Å². The van der Waals surface area contributed by atoms with Crippen LogP contribution < -0.4 is 5.32 Å². The molecular weight excluding hydrogens is 340 g/mol. The summed E-state index contributed by atoms with van der Waals surface area (Å²) < 4.78 is 23.8. The number of nitrogens with zero attached hydrogens (tertiary/aromatic N) is 1. The largest absolute Gasteiger partial charge is 0.508 e. The lowest BCUT2D eigenvalue weighted by Crippen LogP contribution is -2.43. The highest BCUT2D eigenvalue weighted by molar-refractivity contribution is 7.92. The number of phenols is 1. The van der Waals surface area contributed by atoms with Gasteiger partial charge >= 0.3 is 6.03 Å². The number of benzene rings is 1. The van der Waals surface area contributed by atoms with Gasteiger partial charge in [-0.3, -0.25) is 0 Å². The summed E-state index contributed by atoms with van der Waals surface area (Å²) in [7, 11) is -3.21. The molecule has 1 heterocycles. The molecule has 0 radical (unpaired) electrons. The first-order chi connectivity index (χ1) is 11.7. The van der Waals surface area contributed by atoms with Crippen molar-refractivity contribution >= 4 is 15.9 Å². The molecule has 1 unspecified atom stereocenters. The Bertz CT molecular complexity index is 773. The Balaban J connectivity index is 1.73. The first-order valence-electron chi connectivity index (χ1n) is 8.80. The zero-order valence-corrected chi connectivity index (χ0v) is 15.6. The van der Waals surface area contributed by atoms with Gasteiger partial charge in [0.25, 0.3) is 0 Å². The number of phenolic OH excluding ortho intramolecular Hbond substituents is 1. The molecule has 0 spiro atoms. The number of hydrogen-bond donors (Lipinski definition) is 2. The highest BCUT2D eigenvalue weighted by Gasteiger charge is 2.38. The van der Waals surface area contributed by atoms with E-state index in [1.807, 2.05) is 6.07 Å². The van der Waals surface area contributed by atoms with Crippen molar-refractivity contribution in [2.24, 2.45) is 0 Å². The number of hydrogen-bond acceptors (Lipinski definition) is 4. The minimum Gasteiger partial charge on any atom is -0.508 e. The Hall–Kier alpha value is -1.76. The number of sulfone groups is 1. The lowest BCUT2D eigenvalue weighted by Gasteiger charge is -2.30. The van der Waals surface area contributed by atoms with E-state index in [2.05, 4.69) is 5.32 Å². The van der Waals surface area contributed by atoms with E-state index >= 15 is 0 Å². The molecule has 1 saturated heterocycles. The Morgan fingerprint density at radius 3 is 2.84 bits per heavy atom. The van der Waals surface area contributed by atoms with E-state index < -0.39 is 14.6 Å². The van der Waals surface area contributed by atoms with Crippen LogP contribution in [0.5, 0.6) is 5.75 Å². The molecule has 1 aliphatic heterocycles. The number of rotatable bonds is 1. The number of carbonyl (C=O) groups is 1. The fraction of sp³-hybridized carbons (Fsp3) is 0.611. The molecule has 25 heavy (non-hydrogen) atoms. The highest BCUT2D eigenvalue weighted by Crippen LogP contribution is 2.35. The van der Waals surface area contributed by atoms with Crippen molar-refractivity contribution in [3.63, 3.8) is 0 Å². The summed E-state index contributed by atoms with van der Waals surface area (Å²) >= 11 is 0. The van der Waals surface area contributed by atoms with Crippen LogP contribution in [0, 0.1) is 0 Å². The predicted molar refractivity (Wildman–Crippen MR) is 96.4 cm³/mol. The van der Waals surface area contributed by atoms with Crippen molar-refractivity contribution in [3.8, 4) is 5.75 Å². The molecule has 1 fully saturated rings. The van der Waals surface area contributed by atoms with Crippen LogP contribution in [0.3, 0.4) is 0 Å². The van der Waals surface area contributed by atoms with Crippen molar-refractivity contribution in [2.45, 2.75) is 50.3 Å². The van der Waals surface area contributed by atoms with Crippen LogP contribution >= 0.6 is 0 Å². The second-order valence-electron chi connectivity index (χ2n) is 7.55. The molecule has 138 valence electrons. The number of urea groups is 1. The second-order valence-corrected chi connectivity index (χ2v) is 10.3. The maximum Gasteiger partial charge on any atom is 0.317 e. The molecular formula is C18H26N2O4S. The standard InChI is InChI=1S/C18H26N2O4S/c1-18(2)9-10-20(11-12-25(18,23)24)17(22)19-15-7-3-6-14-13(15)5-4-8-16(14)21/h4-5,8,15,21H,3,6-7,9-12H2,1-2H3,(H,19,22). The summed E-state index contributed by atoms with van der Waals surface area (Å²) in [6.45, 7) is 4.10. The van der Waals surface area contributed by atoms with Crippen LogP contribution in [0.15, 0.2) is 18.2 Å². The third kappa shape index (κ3) is 3.47. The van der Waals surface area contributed by atoms with E-state index in [-0.39, 0.29) is 30.1 Å². The van der Waals surface area contributed by atoms with Crippen molar-refractivity contribution < 1.29 is 18.3 Å². The Morgan fingerprint density at radius 2 is 2.08 bits per heavy atom. The summed E-state index contributed by atoms with van der Waals surface area (Å²) in [5, 5.41) is 13.1. The van der Waals surface area contributed by atoms with Gasteiger partial charge in [0.2, 0.25) is 0 Å². The van der Waals surface area contributed by atoms with Gasteiger partial charge in [-0.25, -0.2) is 13.2 Å². The van der Waals surface area contributed by atoms with Crippen molar-refractivity contribution in [1.82, 2.24) is 10.2 Å². The third-order valence-corrected chi connectivity index (χ3v) is 8.13. The second kappa shape index (κ2) is 6.52. The molecule has 2 aliphatic rings. The van der Waals surface area contributed by atoms with E-state index in [0.717, 1.165) is 30.4 Å². The monoisotopic (exact) mass is 366 g/mol. The lowest BCUT2D eigenvalue weighted by molar-refractivity contribution is 0.194. The summed E-state index contributed by atoms with van der Waals surface area (Å²) in [6.07, 6.45) is 2.96. The maximum atomic E-state index is 12.7. The van der Waals surface area contributed by atoms with Gasteiger partial charge in [0.1, 0.15) is 5.75 Å². The fourth-order valence-electron chi connectivity index (χ4n) is 3.60. The van der Waals surface area contributed by atoms with Gasteiger partial charge in [-0.15, -0.1) is 0 Å². The van der Waals surface area contributed by atoms with Gasteiger partial charge < -0.3 is 15.3 Å². The Labute approximate surface area is 149 Å². The quantitative estimate of drug-likeness (QED) is 0.799. The summed E-state index contributed by atoms with van der Waals surface area (Å²) in [5.74, 6) is 0.272. The van der Waals surface area contributed by atoms with Gasteiger partial charge in [0, 0.05) is 13.1 Å². The first kappa shape index (κ1) is 18.0. The van der Waals surface area contributed by atoms with Crippen LogP contribution in [0.25, 0.3) is 0 Å². The van der Waals surface area contributed by atoms with E-state index in [4.69, 9.17) is 0 Å². The third-order valence-electron chi connectivity index (χ3n) is 5.52. The van der Waals surface area contributed by atoms with Crippen LogP contribution in [0.4, 0.5) is 4.79 Å². The van der Waals surface area contributed by atoms with Gasteiger partial charge in [0.15, 0.2) is 9.84 Å². The molecule has 2 amide bonds. The van der Waals surface area contributed by atoms with Gasteiger partial charge in [-0.2, -0.15) is 0 Å². The van der Waals surface area contributed by atoms with E-state index in [9.17, 15) is 18.3 Å². The van der Waals surface area contributed by atoms with E-state index in [1.54, 1.807) is 30.9 Å². The molecule has 0 aromatic heterocycles. The molecule has 1 aliphatic carbocycles. The zero-order valence-electron chi connectivity index (χ0n) is 14.8. The van der Waals surface area contributed by atoms with Crippen LogP contribution in [0.1, 0.15) is 50.3 Å². The Morgan fingerprint density at radius 1 is 1.32 bits per heavy atom. The summed E-state index contributed by atoms with van der Waals surface area (Å²) in [6, 6.07) is 5.03.